The number of aromatic carboxylic acids is 1. The number of likely N-dealkylation sites (tertiary alicyclic amines) is 1. The average Bonchev–Trinajstić information content (AvgIpc) is 2.93. The molecule has 25 heavy (non-hydrogen) atoms. The van der Waals surface area contributed by atoms with Crippen LogP contribution in [-0.4, -0.2) is 48.2 Å². The van der Waals surface area contributed by atoms with E-state index in [1.165, 1.54) is 19.2 Å². The number of rotatable bonds is 7. The summed E-state index contributed by atoms with van der Waals surface area (Å²) < 4.78 is 11.1. The fourth-order valence-corrected chi connectivity index (χ4v) is 3.19. The van der Waals surface area contributed by atoms with Gasteiger partial charge in [0.1, 0.15) is 6.61 Å². The molecule has 0 bridgehead atoms. The van der Waals surface area contributed by atoms with E-state index in [9.17, 15) is 9.59 Å². The van der Waals surface area contributed by atoms with Gasteiger partial charge in [0.15, 0.2) is 11.5 Å². The minimum atomic E-state index is -1.01. The van der Waals surface area contributed by atoms with Crippen molar-refractivity contribution in [1.29, 1.82) is 0 Å². The third kappa shape index (κ3) is 4.87. The van der Waals surface area contributed by atoms with Gasteiger partial charge in [-0.05, 0) is 36.5 Å². The van der Waals surface area contributed by atoms with Crippen molar-refractivity contribution in [2.24, 2.45) is 11.8 Å². The van der Waals surface area contributed by atoms with Gasteiger partial charge in [-0.2, -0.15) is 0 Å². The predicted octanol–water partition coefficient (Wildman–Crippen LogP) is 3.06. The highest BCUT2D eigenvalue weighted by atomic mass is 16.5. The summed E-state index contributed by atoms with van der Waals surface area (Å²) >= 11 is 0. The van der Waals surface area contributed by atoms with Crippen LogP contribution < -0.4 is 9.47 Å². The maximum absolute atomic E-state index is 12.4. The second-order valence-corrected chi connectivity index (χ2v) is 7.12. The third-order valence-corrected chi connectivity index (χ3v) is 4.37. The molecule has 2 rings (SSSR count). The summed E-state index contributed by atoms with van der Waals surface area (Å²) in [6, 6.07) is 4.56. The number of carbonyl (C=O) groups is 2. The van der Waals surface area contributed by atoms with Crippen LogP contribution in [-0.2, 0) is 4.79 Å². The van der Waals surface area contributed by atoms with Gasteiger partial charge in [-0.15, -0.1) is 0 Å². The second kappa shape index (κ2) is 8.23. The Labute approximate surface area is 148 Å². The molecule has 0 saturated carbocycles. The first kappa shape index (κ1) is 19.1. The lowest BCUT2D eigenvalue weighted by Crippen LogP contribution is -2.39. The Hall–Kier alpha value is -2.24. The number of amides is 1. The van der Waals surface area contributed by atoms with Crippen LogP contribution in [0.2, 0.25) is 0 Å². The highest BCUT2D eigenvalue weighted by Crippen LogP contribution is 2.30. The number of hydrogen-bond donors (Lipinski definition) is 1. The molecule has 1 aromatic carbocycles. The Morgan fingerprint density at radius 1 is 1.32 bits per heavy atom. The Balaban J connectivity index is 2.06. The number of benzene rings is 1. The van der Waals surface area contributed by atoms with E-state index >= 15 is 0 Å². The van der Waals surface area contributed by atoms with E-state index in [2.05, 4.69) is 6.92 Å². The Morgan fingerprint density at radius 3 is 2.64 bits per heavy atom. The first-order valence-corrected chi connectivity index (χ1v) is 8.65. The first-order valence-electron chi connectivity index (χ1n) is 8.65. The minimum Gasteiger partial charge on any atom is -0.493 e. The van der Waals surface area contributed by atoms with Crippen LogP contribution in [0.3, 0.4) is 0 Å². The molecule has 2 unspecified atom stereocenters. The minimum absolute atomic E-state index is 0.0325. The van der Waals surface area contributed by atoms with Crippen LogP contribution in [0.4, 0.5) is 0 Å². The molecule has 138 valence electrons. The van der Waals surface area contributed by atoms with Gasteiger partial charge in [-0.3, -0.25) is 4.79 Å². The van der Waals surface area contributed by atoms with E-state index < -0.39 is 5.97 Å². The average molecular weight is 349 g/mol. The molecule has 1 saturated heterocycles. The van der Waals surface area contributed by atoms with Gasteiger partial charge in [0.05, 0.1) is 18.7 Å². The summed E-state index contributed by atoms with van der Waals surface area (Å²) in [6.45, 7) is 7.35. The summed E-state index contributed by atoms with van der Waals surface area (Å²) in [4.78, 5) is 25.4. The Kier molecular flexibility index (Phi) is 6.28. The molecular weight excluding hydrogens is 322 g/mol. The molecule has 0 spiro atoms. The predicted molar refractivity (Wildman–Crippen MR) is 94.2 cm³/mol. The van der Waals surface area contributed by atoms with Gasteiger partial charge in [-0.25, -0.2) is 4.79 Å². The number of carbonyl (C=O) groups excluding carboxylic acids is 1. The summed E-state index contributed by atoms with van der Waals surface area (Å²) in [5.41, 5.74) is 0.146. The lowest BCUT2D eigenvalue weighted by molar-refractivity contribution is -0.133. The maximum atomic E-state index is 12.4. The lowest BCUT2D eigenvalue weighted by Gasteiger charge is -2.26. The van der Waals surface area contributed by atoms with E-state index in [1.54, 1.807) is 6.07 Å². The van der Waals surface area contributed by atoms with Gasteiger partial charge in [-0.1, -0.05) is 20.8 Å². The van der Waals surface area contributed by atoms with Crippen LogP contribution >= 0.6 is 0 Å². The maximum Gasteiger partial charge on any atom is 0.335 e. The summed E-state index contributed by atoms with van der Waals surface area (Å²) in [5.74, 6) is 0.796. The summed E-state index contributed by atoms with van der Waals surface area (Å²) in [6.07, 6.45) is 1.44. The Bertz CT molecular complexity index is 628. The van der Waals surface area contributed by atoms with E-state index in [0.717, 1.165) is 13.0 Å². The number of hydrogen-bond acceptors (Lipinski definition) is 4. The van der Waals surface area contributed by atoms with Gasteiger partial charge in [0.25, 0.3) is 0 Å². The molecule has 1 aliphatic rings. The van der Waals surface area contributed by atoms with Gasteiger partial charge in [0.2, 0.25) is 5.91 Å². The standard InChI is InChI=1S/C19H27NO5/c1-12(2)7-18(21)20-10-13(3)8-15(20)11-25-16-6-5-14(19(22)23)9-17(16)24-4/h5-6,9,12-13,15H,7-8,10-11H2,1-4H3,(H,22,23). The smallest absolute Gasteiger partial charge is 0.335 e. The zero-order chi connectivity index (χ0) is 18.6. The van der Waals surface area contributed by atoms with Crippen molar-refractivity contribution >= 4 is 11.9 Å². The van der Waals surface area contributed by atoms with Gasteiger partial charge >= 0.3 is 5.97 Å². The van der Waals surface area contributed by atoms with Crippen molar-refractivity contribution in [3.8, 4) is 11.5 Å². The molecule has 0 aromatic heterocycles. The Morgan fingerprint density at radius 2 is 2.04 bits per heavy atom. The first-order chi connectivity index (χ1) is 11.8. The largest absolute Gasteiger partial charge is 0.493 e. The molecule has 2 atom stereocenters. The summed E-state index contributed by atoms with van der Waals surface area (Å²) in [7, 11) is 1.48. The normalized spacial score (nSPS) is 20.0. The molecule has 0 aliphatic carbocycles. The van der Waals surface area contributed by atoms with Crippen LogP contribution in [0.15, 0.2) is 18.2 Å². The van der Waals surface area contributed by atoms with Crippen LogP contribution in [0, 0.1) is 11.8 Å². The van der Waals surface area contributed by atoms with Gasteiger partial charge < -0.3 is 19.5 Å². The SMILES string of the molecule is COc1cc(C(=O)O)ccc1OCC1CC(C)CN1C(=O)CC(C)C. The van der Waals surface area contributed by atoms with Crippen LogP contribution in [0.1, 0.15) is 44.0 Å². The number of methoxy groups -OCH3 is 1. The number of carboxylic acid groups (broad SMARTS) is 1. The highest BCUT2D eigenvalue weighted by Gasteiger charge is 2.33. The molecule has 1 amide bonds. The third-order valence-electron chi connectivity index (χ3n) is 4.37. The van der Waals surface area contributed by atoms with Crippen molar-refractivity contribution in [3.63, 3.8) is 0 Å². The molecule has 6 heteroatoms. The lowest BCUT2D eigenvalue weighted by atomic mass is 10.1. The fourth-order valence-electron chi connectivity index (χ4n) is 3.19. The molecule has 1 aliphatic heterocycles. The van der Waals surface area contributed by atoms with E-state index in [0.29, 0.717) is 36.4 Å². The molecule has 1 heterocycles. The van der Waals surface area contributed by atoms with Crippen molar-refractivity contribution in [1.82, 2.24) is 4.90 Å². The zero-order valence-corrected chi connectivity index (χ0v) is 15.3. The number of carboxylic acids is 1. The number of nitrogens with zero attached hydrogens (tertiary/aromatic N) is 1. The monoisotopic (exact) mass is 349 g/mol. The molecule has 1 fully saturated rings. The van der Waals surface area contributed by atoms with Crippen molar-refractivity contribution in [2.75, 3.05) is 20.3 Å². The fraction of sp³-hybridized carbons (Fsp3) is 0.579. The van der Waals surface area contributed by atoms with E-state index in [4.69, 9.17) is 14.6 Å². The van der Waals surface area contributed by atoms with E-state index in [1.807, 2.05) is 18.7 Å². The molecule has 1 aromatic rings. The summed E-state index contributed by atoms with van der Waals surface area (Å²) in [5, 5.41) is 9.05. The van der Waals surface area contributed by atoms with E-state index in [-0.39, 0.29) is 17.5 Å². The number of ether oxygens (including phenoxy) is 2. The quantitative estimate of drug-likeness (QED) is 0.819. The molecule has 6 nitrogen and oxygen atoms in total. The van der Waals surface area contributed by atoms with Crippen LogP contribution in [0.5, 0.6) is 11.5 Å². The van der Waals surface area contributed by atoms with Crippen molar-refractivity contribution in [2.45, 2.75) is 39.7 Å². The molecular formula is C19H27NO5. The van der Waals surface area contributed by atoms with Gasteiger partial charge in [0, 0.05) is 13.0 Å². The topological polar surface area (TPSA) is 76.1 Å². The van der Waals surface area contributed by atoms with Crippen LogP contribution in [0.25, 0.3) is 0 Å². The zero-order valence-electron chi connectivity index (χ0n) is 15.3. The van der Waals surface area contributed by atoms with Crippen molar-refractivity contribution in [3.05, 3.63) is 23.8 Å². The van der Waals surface area contributed by atoms with Crippen molar-refractivity contribution < 1.29 is 24.2 Å². The highest BCUT2D eigenvalue weighted by molar-refractivity contribution is 5.88. The molecule has 1 N–H and O–H groups in total. The molecule has 0 radical (unpaired) electrons. The second-order valence-electron chi connectivity index (χ2n) is 7.12.